The lowest BCUT2D eigenvalue weighted by Gasteiger charge is -2.39. The van der Waals surface area contributed by atoms with Crippen LogP contribution in [0.4, 0.5) is 8.63 Å². The van der Waals surface area contributed by atoms with Crippen LogP contribution in [-0.2, 0) is 6.42 Å². The van der Waals surface area contributed by atoms with Crippen LogP contribution in [0.15, 0.2) is 36.7 Å². The van der Waals surface area contributed by atoms with Gasteiger partial charge in [-0.15, -0.1) is 0 Å². The maximum Gasteiger partial charge on any atom is 0.538 e. The zero-order valence-electron chi connectivity index (χ0n) is 32.5. The fourth-order valence-electron chi connectivity index (χ4n) is 5.99. The van der Waals surface area contributed by atoms with Crippen molar-refractivity contribution in [1.82, 2.24) is 9.97 Å². The predicted octanol–water partition coefficient (Wildman–Crippen LogP) is 9.42. The van der Waals surface area contributed by atoms with Crippen LogP contribution in [0, 0.1) is 0 Å². The summed E-state index contributed by atoms with van der Waals surface area (Å²) >= 11 is 0. The Labute approximate surface area is 295 Å². The minimum atomic E-state index is -2.46. The molecule has 1 aromatic carbocycles. The van der Waals surface area contributed by atoms with E-state index in [0.717, 1.165) is 49.4 Å². The summed E-state index contributed by atoms with van der Waals surface area (Å²) in [6.45, 7) is 17.1. The van der Waals surface area contributed by atoms with Crippen LogP contribution in [0.5, 0.6) is 5.75 Å². The molecular weight excluding hydrogens is 606 g/mol. The van der Waals surface area contributed by atoms with E-state index >= 15 is 0 Å². The second-order valence-electron chi connectivity index (χ2n) is 13.4. The zero-order chi connectivity index (χ0) is 35.3. The van der Waals surface area contributed by atoms with Gasteiger partial charge in [0.25, 0.3) is 0 Å². The molecule has 0 radical (unpaired) electrons. The van der Waals surface area contributed by atoms with E-state index in [2.05, 4.69) is 61.9 Å². The third-order valence-corrected chi connectivity index (χ3v) is 9.04. The molecule has 0 spiro atoms. The van der Waals surface area contributed by atoms with Gasteiger partial charge < -0.3 is 13.9 Å². The highest BCUT2D eigenvalue weighted by molar-refractivity contribution is 6.42. The molecular formula is C40H71BF3N3O. The first kappa shape index (κ1) is 43.9. The van der Waals surface area contributed by atoms with Gasteiger partial charge in [0, 0.05) is 25.7 Å². The highest BCUT2D eigenvalue weighted by Crippen LogP contribution is 2.21. The Hall–Kier alpha value is -2.09. The third-order valence-electron chi connectivity index (χ3n) is 9.04. The van der Waals surface area contributed by atoms with E-state index < -0.39 is 13.6 Å². The minimum absolute atomic E-state index is 0. The van der Waals surface area contributed by atoms with Gasteiger partial charge in [-0.1, -0.05) is 118 Å². The number of ether oxygens (including phenoxy) is 1. The van der Waals surface area contributed by atoms with Crippen LogP contribution in [0.3, 0.4) is 0 Å². The molecule has 0 aliphatic heterocycles. The first-order chi connectivity index (χ1) is 23.3. The maximum absolute atomic E-state index is 11.6. The molecule has 0 bridgehead atoms. The molecule has 2 aromatic rings. The standard InChI is InChI=1S/C35H60N3O.C5H11BF2.FH/c1-5-9-13-14-15-16-17-18-20-32-30-36-35(37-31-32)33-21-23-34(24-22-33)39-29-19-28-38(25-10-6-2,26-11-7-3)27-12-8-4;1-2-3-4-5-6(7)8;/h21-24,30-31H,5-20,25-29H2,1-4H3;2-5H2,1H3;1H/q+1;;/p-1/i;5D;. The lowest BCUT2D eigenvalue weighted by Crippen LogP contribution is -3.00. The molecule has 8 heteroatoms. The van der Waals surface area contributed by atoms with Crippen LogP contribution in [0.1, 0.15) is 157 Å². The monoisotopic (exact) mass is 679 g/mol. The topological polar surface area (TPSA) is 35.0 Å². The van der Waals surface area contributed by atoms with Crippen molar-refractivity contribution in [2.75, 3.05) is 32.8 Å². The fourth-order valence-corrected chi connectivity index (χ4v) is 5.99. The first-order valence-electron chi connectivity index (χ1n) is 20.0. The van der Waals surface area contributed by atoms with Gasteiger partial charge in [0.1, 0.15) is 5.75 Å². The Kier molecular flexibility index (Phi) is 28.3. The highest BCUT2D eigenvalue weighted by atomic mass is 19.2. The van der Waals surface area contributed by atoms with E-state index in [9.17, 15) is 8.63 Å². The molecule has 1 heterocycles. The van der Waals surface area contributed by atoms with Crippen LogP contribution in [0.25, 0.3) is 11.4 Å². The van der Waals surface area contributed by atoms with E-state index in [4.69, 9.17) is 6.11 Å². The Bertz CT molecular complexity index is 979. The molecule has 2 rings (SSSR count). The molecule has 0 saturated heterocycles. The number of quaternary nitrogens is 1. The minimum Gasteiger partial charge on any atom is -1.00 e. The van der Waals surface area contributed by atoms with E-state index in [-0.39, 0.29) is 4.70 Å². The Morgan fingerprint density at radius 3 is 1.58 bits per heavy atom. The van der Waals surface area contributed by atoms with Gasteiger partial charge in [0.2, 0.25) is 0 Å². The summed E-state index contributed by atoms with van der Waals surface area (Å²) in [5.74, 6) is 1.74. The molecule has 0 N–H and O–H groups in total. The van der Waals surface area contributed by atoms with Gasteiger partial charge >= 0.3 is 7.27 Å². The number of aromatic nitrogens is 2. The number of unbranched alkanes of at least 4 members (excludes halogenated alkanes) is 11. The number of rotatable bonds is 28. The second-order valence-corrected chi connectivity index (χ2v) is 13.4. The number of halogens is 3. The molecule has 4 nitrogen and oxygen atoms in total. The summed E-state index contributed by atoms with van der Waals surface area (Å²) in [4.78, 5) is 9.30. The fraction of sp³-hybridized carbons (Fsp3) is 0.750. The van der Waals surface area contributed by atoms with Crippen LogP contribution in [0.2, 0.25) is 6.30 Å². The molecule has 1 atom stereocenters. The number of nitrogens with zero attached hydrogens (tertiary/aromatic N) is 3. The lowest BCUT2D eigenvalue weighted by atomic mass is 9.89. The van der Waals surface area contributed by atoms with Gasteiger partial charge in [-0.25, -0.2) is 9.97 Å². The summed E-state index contributed by atoms with van der Waals surface area (Å²) in [5, 5.41) is 0. The normalized spacial score (nSPS) is 12.0. The quantitative estimate of drug-likeness (QED) is 0.0511. The third kappa shape index (κ3) is 22.5. The summed E-state index contributed by atoms with van der Waals surface area (Å²) < 4.78 is 37.4. The number of hydrogen-bond donors (Lipinski definition) is 0. The lowest BCUT2D eigenvalue weighted by molar-refractivity contribution is -0.929. The van der Waals surface area contributed by atoms with E-state index in [0.29, 0.717) is 6.42 Å². The van der Waals surface area contributed by atoms with E-state index in [1.807, 2.05) is 19.3 Å². The molecule has 0 amide bonds. The van der Waals surface area contributed by atoms with Crippen LogP contribution < -0.4 is 9.44 Å². The Morgan fingerprint density at radius 2 is 1.08 bits per heavy atom. The molecule has 1 aromatic heterocycles. The van der Waals surface area contributed by atoms with Gasteiger partial charge in [-0.05, 0) is 68.2 Å². The van der Waals surface area contributed by atoms with Crippen LogP contribution >= 0.6 is 0 Å². The summed E-state index contributed by atoms with van der Waals surface area (Å²) in [5.41, 5.74) is 2.30. The molecule has 0 aliphatic rings. The molecule has 0 aliphatic carbocycles. The summed E-state index contributed by atoms with van der Waals surface area (Å²) in [6, 6.07) is 8.32. The Balaban J connectivity index is 0.00000202. The van der Waals surface area contributed by atoms with Crippen LogP contribution in [-0.4, -0.2) is 54.5 Å². The van der Waals surface area contributed by atoms with Crippen molar-refractivity contribution < 1.29 is 23.9 Å². The van der Waals surface area contributed by atoms with Gasteiger partial charge in [-0.2, -0.15) is 0 Å². The van der Waals surface area contributed by atoms with E-state index in [1.165, 1.54) is 126 Å². The van der Waals surface area contributed by atoms with E-state index in [1.54, 1.807) is 0 Å². The molecule has 1 unspecified atom stereocenters. The van der Waals surface area contributed by atoms with Crippen molar-refractivity contribution >= 4 is 7.27 Å². The molecule has 0 fully saturated rings. The Morgan fingerprint density at radius 1 is 0.625 bits per heavy atom. The molecule has 276 valence electrons. The van der Waals surface area contributed by atoms with Crippen molar-refractivity contribution in [3.05, 3.63) is 42.2 Å². The van der Waals surface area contributed by atoms with Crippen molar-refractivity contribution in [3.8, 4) is 17.1 Å². The SMILES string of the molecule is CCCCCCCCCCc1cnc(-c2ccc(OCCC[N+](CCCC)(CCCC)CCCC)cc2)nc1.[2H]C(CCCC)B(F)F.[F-]. The van der Waals surface area contributed by atoms with Gasteiger partial charge in [0.15, 0.2) is 5.82 Å². The highest BCUT2D eigenvalue weighted by Gasteiger charge is 2.25. The number of aryl methyl sites for hydroxylation is 1. The zero-order valence-corrected chi connectivity index (χ0v) is 31.5. The average Bonchev–Trinajstić information content (AvgIpc) is 3.11. The smallest absolute Gasteiger partial charge is 0.538 e. The number of benzene rings is 1. The van der Waals surface area contributed by atoms with Crippen molar-refractivity contribution in [1.29, 1.82) is 0 Å². The first-order valence-corrected chi connectivity index (χ1v) is 19.4. The van der Waals surface area contributed by atoms with Crippen molar-refractivity contribution in [2.24, 2.45) is 0 Å². The predicted molar refractivity (Wildman–Crippen MR) is 201 cm³/mol. The largest absolute Gasteiger partial charge is 1.00 e. The number of hydrogen-bond acceptors (Lipinski definition) is 3. The molecule has 0 saturated carbocycles. The summed E-state index contributed by atoms with van der Waals surface area (Å²) in [6.07, 6.45) is 25.6. The second kappa shape index (κ2) is 30.9. The average molecular weight is 679 g/mol. The maximum atomic E-state index is 11.6. The van der Waals surface area contributed by atoms with Gasteiger partial charge in [0.05, 0.1) is 32.8 Å². The summed E-state index contributed by atoms with van der Waals surface area (Å²) in [7, 11) is -2.46. The van der Waals surface area contributed by atoms with Crippen molar-refractivity contribution in [2.45, 2.75) is 163 Å². The van der Waals surface area contributed by atoms with Gasteiger partial charge in [-0.3, -0.25) is 8.63 Å². The molecule has 48 heavy (non-hydrogen) atoms. The van der Waals surface area contributed by atoms with Crippen molar-refractivity contribution in [3.63, 3.8) is 0 Å².